The van der Waals surface area contributed by atoms with Crippen molar-refractivity contribution in [1.29, 1.82) is 0 Å². The molecule has 0 fully saturated rings. The van der Waals surface area contributed by atoms with E-state index in [1.165, 1.54) is 0 Å². The maximum atomic E-state index is 12.2. The first-order chi connectivity index (χ1) is 12.3. The van der Waals surface area contributed by atoms with E-state index in [2.05, 4.69) is 9.88 Å². The molecule has 0 radical (unpaired) electrons. The van der Waals surface area contributed by atoms with Crippen LogP contribution in [-0.4, -0.2) is 49.1 Å². The van der Waals surface area contributed by atoms with E-state index in [4.69, 9.17) is 4.52 Å². The summed E-state index contributed by atoms with van der Waals surface area (Å²) in [6.07, 6.45) is 0.452. The highest BCUT2D eigenvalue weighted by Crippen LogP contribution is 2.22. The fourth-order valence-corrected chi connectivity index (χ4v) is 3.90. The van der Waals surface area contributed by atoms with Crippen molar-refractivity contribution in [3.05, 3.63) is 52.4 Å². The molecule has 1 aromatic carbocycles. The number of sulfonamides is 1. The predicted molar refractivity (Wildman–Crippen MR) is 93.3 cm³/mol. The minimum Gasteiger partial charge on any atom is -0.361 e. The zero-order valence-electron chi connectivity index (χ0n) is 14.5. The molecule has 9 heteroatoms. The zero-order valence-corrected chi connectivity index (χ0v) is 15.3. The second kappa shape index (κ2) is 7.00. The molecule has 26 heavy (non-hydrogen) atoms. The number of nitrogens with zero attached hydrogens (tertiary/aromatic N) is 2. The van der Waals surface area contributed by atoms with Crippen molar-refractivity contribution in [3.8, 4) is 0 Å². The second-order valence-electron chi connectivity index (χ2n) is 6.07. The van der Waals surface area contributed by atoms with E-state index >= 15 is 0 Å². The molecule has 0 atom stereocenters. The highest BCUT2D eigenvalue weighted by atomic mass is 32.2. The molecule has 2 heterocycles. The van der Waals surface area contributed by atoms with Crippen LogP contribution in [0.3, 0.4) is 0 Å². The lowest BCUT2D eigenvalue weighted by molar-refractivity contribution is 0.0664. The summed E-state index contributed by atoms with van der Waals surface area (Å²) < 4.78 is 31.9. The molecule has 3 rings (SSSR count). The molecule has 0 unspecified atom stereocenters. The largest absolute Gasteiger partial charge is 0.361 e. The van der Waals surface area contributed by atoms with Gasteiger partial charge in [-0.2, -0.15) is 0 Å². The molecule has 1 N–H and O–H groups in total. The first-order valence-corrected chi connectivity index (χ1v) is 9.79. The maximum Gasteiger partial charge on any atom is 0.261 e. The van der Waals surface area contributed by atoms with Crippen LogP contribution in [0, 0.1) is 13.8 Å². The Morgan fingerprint density at radius 1 is 1.12 bits per heavy atom. The molecule has 2 amide bonds. The molecule has 1 aliphatic heterocycles. The van der Waals surface area contributed by atoms with Crippen molar-refractivity contribution in [3.63, 3.8) is 0 Å². The van der Waals surface area contributed by atoms with E-state index in [0.29, 0.717) is 23.3 Å². The number of carbonyl (C=O) groups is 2. The van der Waals surface area contributed by atoms with Crippen LogP contribution in [0.2, 0.25) is 0 Å². The number of aromatic nitrogens is 1. The summed E-state index contributed by atoms with van der Waals surface area (Å²) in [5.74, 6) is -0.610. The Hall–Kier alpha value is -2.52. The lowest BCUT2D eigenvalue weighted by Gasteiger charge is -2.14. The topological polar surface area (TPSA) is 110 Å². The SMILES string of the molecule is Cc1noc(C)c1CCNS(=O)(=O)CCN1C(=O)c2ccccc2C1=O. The highest BCUT2D eigenvalue weighted by molar-refractivity contribution is 7.89. The third-order valence-electron chi connectivity index (χ3n) is 4.34. The van der Waals surface area contributed by atoms with Gasteiger partial charge in [-0.25, -0.2) is 13.1 Å². The quantitative estimate of drug-likeness (QED) is 0.722. The predicted octanol–water partition coefficient (Wildman–Crippen LogP) is 1.05. The van der Waals surface area contributed by atoms with E-state index in [9.17, 15) is 18.0 Å². The van der Waals surface area contributed by atoms with Crippen LogP contribution in [0.25, 0.3) is 0 Å². The van der Waals surface area contributed by atoms with Gasteiger partial charge in [0.05, 0.1) is 22.6 Å². The molecule has 0 saturated carbocycles. The number of carbonyl (C=O) groups excluding carboxylic acids is 2. The van der Waals surface area contributed by atoms with Crippen molar-refractivity contribution >= 4 is 21.8 Å². The van der Waals surface area contributed by atoms with Crippen LogP contribution in [0.4, 0.5) is 0 Å². The summed E-state index contributed by atoms with van der Waals surface area (Å²) in [5, 5.41) is 3.82. The van der Waals surface area contributed by atoms with Gasteiger partial charge in [-0.3, -0.25) is 14.5 Å². The van der Waals surface area contributed by atoms with Crippen molar-refractivity contribution < 1.29 is 22.5 Å². The summed E-state index contributed by atoms with van der Waals surface area (Å²) in [4.78, 5) is 25.5. The molecule has 2 aromatic rings. The summed E-state index contributed by atoms with van der Waals surface area (Å²) in [6, 6.07) is 6.46. The lowest BCUT2D eigenvalue weighted by Crippen LogP contribution is -2.38. The average molecular weight is 377 g/mol. The number of rotatable bonds is 7. The average Bonchev–Trinajstić information content (AvgIpc) is 3.05. The number of imide groups is 1. The van der Waals surface area contributed by atoms with Crippen LogP contribution in [0.15, 0.2) is 28.8 Å². The van der Waals surface area contributed by atoms with Gasteiger partial charge in [0.25, 0.3) is 11.8 Å². The van der Waals surface area contributed by atoms with Crippen LogP contribution in [0.1, 0.15) is 37.7 Å². The molecule has 0 bridgehead atoms. The first kappa shape index (κ1) is 18.3. The van der Waals surface area contributed by atoms with Crippen LogP contribution in [0.5, 0.6) is 0 Å². The van der Waals surface area contributed by atoms with E-state index < -0.39 is 21.8 Å². The van der Waals surface area contributed by atoms with Gasteiger partial charge in [-0.1, -0.05) is 17.3 Å². The lowest BCUT2D eigenvalue weighted by atomic mass is 10.1. The van der Waals surface area contributed by atoms with Gasteiger partial charge in [0.1, 0.15) is 5.76 Å². The first-order valence-electron chi connectivity index (χ1n) is 8.14. The van der Waals surface area contributed by atoms with E-state index in [-0.39, 0.29) is 18.8 Å². The van der Waals surface area contributed by atoms with Gasteiger partial charge in [-0.05, 0) is 32.4 Å². The van der Waals surface area contributed by atoms with Gasteiger partial charge in [-0.15, -0.1) is 0 Å². The molecule has 0 aliphatic carbocycles. The van der Waals surface area contributed by atoms with E-state index in [1.54, 1.807) is 38.1 Å². The van der Waals surface area contributed by atoms with E-state index in [0.717, 1.165) is 16.2 Å². The van der Waals surface area contributed by atoms with Gasteiger partial charge < -0.3 is 4.52 Å². The maximum absolute atomic E-state index is 12.2. The molecule has 138 valence electrons. The van der Waals surface area contributed by atoms with Gasteiger partial charge in [0.2, 0.25) is 10.0 Å². The molecular formula is C17H19N3O5S. The monoisotopic (exact) mass is 377 g/mol. The van der Waals surface area contributed by atoms with Gasteiger partial charge in [0.15, 0.2) is 0 Å². The Kier molecular flexibility index (Phi) is 4.92. The molecule has 1 aliphatic rings. The van der Waals surface area contributed by atoms with E-state index in [1.807, 2.05) is 0 Å². The summed E-state index contributed by atoms with van der Waals surface area (Å²) in [5.41, 5.74) is 2.21. The number of nitrogens with one attached hydrogen (secondary N) is 1. The molecular weight excluding hydrogens is 358 g/mol. The summed E-state index contributed by atoms with van der Waals surface area (Å²) in [7, 11) is -3.63. The zero-order chi connectivity index (χ0) is 18.9. The van der Waals surface area contributed by atoms with Gasteiger partial charge in [0, 0.05) is 18.7 Å². The molecule has 8 nitrogen and oxygen atoms in total. The minimum absolute atomic E-state index is 0.187. The Bertz CT molecular complexity index is 910. The van der Waals surface area contributed by atoms with Crippen molar-refractivity contribution in [2.45, 2.75) is 20.3 Å². The van der Waals surface area contributed by atoms with Crippen LogP contribution < -0.4 is 4.72 Å². The number of hydrogen-bond donors (Lipinski definition) is 1. The normalized spacial score (nSPS) is 14.2. The molecule has 1 aromatic heterocycles. The fraction of sp³-hybridized carbons (Fsp3) is 0.353. The minimum atomic E-state index is -3.63. The number of aryl methyl sites for hydroxylation is 2. The molecule has 0 saturated heterocycles. The van der Waals surface area contributed by atoms with Crippen molar-refractivity contribution in [2.24, 2.45) is 0 Å². The number of benzene rings is 1. The smallest absolute Gasteiger partial charge is 0.261 e. The highest BCUT2D eigenvalue weighted by Gasteiger charge is 2.35. The second-order valence-corrected chi connectivity index (χ2v) is 8.00. The summed E-state index contributed by atoms with van der Waals surface area (Å²) in [6.45, 7) is 3.56. The van der Waals surface area contributed by atoms with Crippen molar-refractivity contribution in [2.75, 3.05) is 18.8 Å². The standard InChI is InChI=1S/C17H19N3O5S/c1-11-13(12(2)25-19-11)7-8-18-26(23,24)10-9-20-16(21)14-5-3-4-6-15(14)17(20)22/h3-6,18H,7-10H2,1-2H3. The molecule has 0 spiro atoms. The fourth-order valence-electron chi connectivity index (χ4n) is 2.92. The Morgan fingerprint density at radius 3 is 2.27 bits per heavy atom. The van der Waals surface area contributed by atoms with Crippen molar-refractivity contribution in [1.82, 2.24) is 14.8 Å². The van der Waals surface area contributed by atoms with Crippen LogP contribution >= 0.6 is 0 Å². The Labute approximate surface area is 151 Å². The third kappa shape index (κ3) is 3.54. The van der Waals surface area contributed by atoms with Crippen LogP contribution in [-0.2, 0) is 16.4 Å². The number of hydrogen-bond acceptors (Lipinski definition) is 6. The Balaban J connectivity index is 1.56. The number of amides is 2. The van der Waals surface area contributed by atoms with Gasteiger partial charge >= 0.3 is 0 Å². The Morgan fingerprint density at radius 2 is 1.73 bits per heavy atom. The third-order valence-corrected chi connectivity index (χ3v) is 5.70. The summed E-state index contributed by atoms with van der Waals surface area (Å²) >= 11 is 0. The number of fused-ring (bicyclic) bond motifs is 1.